The van der Waals surface area contributed by atoms with Crippen LogP contribution < -0.4 is 5.73 Å². The third-order valence-electron chi connectivity index (χ3n) is 2.47. The number of nitrogens with zero attached hydrogens (tertiary/aromatic N) is 1. The summed E-state index contributed by atoms with van der Waals surface area (Å²) in [7, 11) is 1.36. The highest BCUT2D eigenvalue weighted by Gasteiger charge is 2.07. The second-order valence-corrected chi connectivity index (χ2v) is 3.56. The number of pyridine rings is 1. The molecule has 2 rings (SSSR count). The Morgan fingerprint density at radius 2 is 2.12 bits per heavy atom. The van der Waals surface area contributed by atoms with E-state index < -0.39 is 0 Å². The molecule has 0 aliphatic rings. The SMILES string of the molecule is COC(=O)c1ccc2cc(N)c(C)nc2c1. The van der Waals surface area contributed by atoms with Crippen LogP contribution in [0.4, 0.5) is 5.69 Å². The van der Waals surface area contributed by atoms with Gasteiger partial charge >= 0.3 is 5.97 Å². The van der Waals surface area contributed by atoms with Crippen molar-refractivity contribution in [3.05, 3.63) is 35.5 Å². The number of nitrogens with two attached hydrogens (primary N) is 1. The first-order valence-electron chi connectivity index (χ1n) is 4.87. The first-order valence-corrected chi connectivity index (χ1v) is 4.87. The molecule has 4 nitrogen and oxygen atoms in total. The molecule has 82 valence electrons. The van der Waals surface area contributed by atoms with Crippen molar-refractivity contribution in [2.75, 3.05) is 12.8 Å². The molecule has 1 aromatic carbocycles. The molecular weight excluding hydrogens is 204 g/mol. The molecule has 0 radical (unpaired) electrons. The van der Waals surface area contributed by atoms with E-state index in [1.807, 2.05) is 19.1 Å². The van der Waals surface area contributed by atoms with Gasteiger partial charge in [-0.15, -0.1) is 0 Å². The number of hydrogen-bond acceptors (Lipinski definition) is 4. The van der Waals surface area contributed by atoms with Crippen molar-refractivity contribution < 1.29 is 9.53 Å². The van der Waals surface area contributed by atoms with Gasteiger partial charge in [-0.25, -0.2) is 4.79 Å². The number of aryl methyl sites for hydroxylation is 1. The Bertz CT molecular complexity index is 564. The molecule has 2 N–H and O–H groups in total. The number of carbonyl (C=O) groups excluding carboxylic acids is 1. The van der Waals surface area contributed by atoms with E-state index in [0.29, 0.717) is 11.3 Å². The topological polar surface area (TPSA) is 65.2 Å². The fraction of sp³-hybridized carbons (Fsp3) is 0.167. The third kappa shape index (κ3) is 1.69. The van der Waals surface area contributed by atoms with E-state index in [9.17, 15) is 4.79 Å². The molecule has 1 aromatic heterocycles. The Balaban J connectivity index is 2.62. The zero-order valence-electron chi connectivity index (χ0n) is 9.15. The molecule has 0 aliphatic carbocycles. The number of anilines is 1. The highest BCUT2D eigenvalue weighted by atomic mass is 16.5. The van der Waals surface area contributed by atoms with Crippen LogP contribution in [0.15, 0.2) is 24.3 Å². The van der Waals surface area contributed by atoms with Crippen LogP contribution in [-0.2, 0) is 4.74 Å². The summed E-state index contributed by atoms with van der Waals surface area (Å²) in [4.78, 5) is 15.7. The molecule has 1 heterocycles. The van der Waals surface area contributed by atoms with Crippen LogP contribution in [0.1, 0.15) is 16.1 Å². The number of rotatable bonds is 1. The molecular formula is C12H12N2O2. The lowest BCUT2D eigenvalue weighted by atomic mass is 10.1. The molecule has 0 saturated carbocycles. The molecule has 0 bridgehead atoms. The van der Waals surface area contributed by atoms with E-state index in [1.165, 1.54) is 7.11 Å². The first kappa shape index (κ1) is 10.4. The Kier molecular flexibility index (Phi) is 2.48. The third-order valence-corrected chi connectivity index (χ3v) is 2.47. The molecule has 16 heavy (non-hydrogen) atoms. The molecule has 0 amide bonds. The van der Waals surface area contributed by atoms with Crippen LogP contribution in [0.3, 0.4) is 0 Å². The summed E-state index contributed by atoms with van der Waals surface area (Å²) < 4.78 is 4.65. The van der Waals surface area contributed by atoms with Crippen molar-refractivity contribution in [1.82, 2.24) is 4.98 Å². The number of carbonyl (C=O) groups is 1. The van der Waals surface area contributed by atoms with Gasteiger partial charge in [0.15, 0.2) is 0 Å². The second-order valence-electron chi connectivity index (χ2n) is 3.56. The fourth-order valence-corrected chi connectivity index (χ4v) is 1.52. The van der Waals surface area contributed by atoms with Gasteiger partial charge in [-0.2, -0.15) is 0 Å². The smallest absolute Gasteiger partial charge is 0.337 e. The minimum absolute atomic E-state index is 0.363. The van der Waals surface area contributed by atoms with Crippen molar-refractivity contribution in [3.63, 3.8) is 0 Å². The largest absolute Gasteiger partial charge is 0.465 e. The van der Waals surface area contributed by atoms with Gasteiger partial charge in [0, 0.05) is 5.39 Å². The lowest BCUT2D eigenvalue weighted by Crippen LogP contribution is -2.01. The number of nitrogen functional groups attached to an aromatic ring is 1. The van der Waals surface area contributed by atoms with Gasteiger partial charge < -0.3 is 10.5 Å². The van der Waals surface area contributed by atoms with Crippen molar-refractivity contribution >= 4 is 22.6 Å². The number of ether oxygens (including phenoxy) is 1. The predicted molar refractivity (Wildman–Crippen MR) is 62.2 cm³/mol. The lowest BCUT2D eigenvalue weighted by molar-refractivity contribution is 0.0601. The summed E-state index contributed by atoms with van der Waals surface area (Å²) in [5.41, 5.74) is 8.40. The zero-order valence-corrected chi connectivity index (χ0v) is 9.15. The van der Waals surface area contributed by atoms with E-state index >= 15 is 0 Å². The van der Waals surface area contributed by atoms with Crippen LogP contribution in [0.25, 0.3) is 10.9 Å². The second kappa shape index (κ2) is 3.81. The summed E-state index contributed by atoms with van der Waals surface area (Å²) in [6.45, 7) is 1.83. The maximum atomic E-state index is 11.3. The van der Waals surface area contributed by atoms with Crippen LogP contribution >= 0.6 is 0 Å². The van der Waals surface area contributed by atoms with Gasteiger partial charge in [0.05, 0.1) is 29.6 Å². The van der Waals surface area contributed by atoms with Gasteiger partial charge in [-0.3, -0.25) is 4.98 Å². The molecule has 0 unspecified atom stereocenters. The summed E-state index contributed by atoms with van der Waals surface area (Å²) in [5.74, 6) is -0.363. The highest BCUT2D eigenvalue weighted by Crippen LogP contribution is 2.19. The first-order chi connectivity index (χ1) is 7.61. The Morgan fingerprint density at radius 3 is 2.81 bits per heavy atom. The van der Waals surface area contributed by atoms with E-state index in [1.54, 1.807) is 12.1 Å². The number of esters is 1. The molecule has 2 aromatic rings. The Labute approximate surface area is 93.0 Å². The highest BCUT2D eigenvalue weighted by molar-refractivity contribution is 5.94. The minimum atomic E-state index is -0.363. The molecule has 0 fully saturated rings. The van der Waals surface area contributed by atoms with Crippen LogP contribution in [0.2, 0.25) is 0 Å². The number of fused-ring (bicyclic) bond motifs is 1. The van der Waals surface area contributed by atoms with E-state index in [0.717, 1.165) is 16.6 Å². The minimum Gasteiger partial charge on any atom is -0.465 e. The number of hydrogen-bond donors (Lipinski definition) is 1. The Hall–Kier alpha value is -2.10. The summed E-state index contributed by atoms with van der Waals surface area (Å²) >= 11 is 0. The number of aromatic nitrogens is 1. The van der Waals surface area contributed by atoms with E-state index in [-0.39, 0.29) is 5.97 Å². The summed E-state index contributed by atoms with van der Waals surface area (Å²) in [5, 5.41) is 0.913. The van der Waals surface area contributed by atoms with Gasteiger partial charge in [0.25, 0.3) is 0 Å². The van der Waals surface area contributed by atoms with Crippen LogP contribution in [0, 0.1) is 6.92 Å². The number of methoxy groups -OCH3 is 1. The fourth-order valence-electron chi connectivity index (χ4n) is 1.52. The normalized spacial score (nSPS) is 10.4. The quantitative estimate of drug-likeness (QED) is 0.739. The number of benzene rings is 1. The van der Waals surface area contributed by atoms with E-state index in [2.05, 4.69) is 9.72 Å². The Morgan fingerprint density at radius 1 is 1.38 bits per heavy atom. The van der Waals surface area contributed by atoms with Crippen LogP contribution in [-0.4, -0.2) is 18.1 Å². The summed E-state index contributed by atoms with van der Waals surface area (Å²) in [6, 6.07) is 7.06. The van der Waals surface area contributed by atoms with Crippen molar-refractivity contribution in [2.45, 2.75) is 6.92 Å². The zero-order chi connectivity index (χ0) is 11.7. The lowest BCUT2D eigenvalue weighted by Gasteiger charge is -2.04. The molecule has 0 atom stereocenters. The van der Waals surface area contributed by atoms with Crippen LogP contribution in [0.5, 0.6) is 0 Å². The maximum absolute atomic E-state index is 11.3. The van der Waals surface area contributed by atoms with Crippen molar-refractivity contribution in [1.29, 1.82) is 0 Å². The summed E-state index contributed by atoms with van der Waals surface area (Å²) in [6.07, 6.45) is 0. The molecule has 0 aliphatic heterocycles. The van der Waals surface area contributed by atoms with Gasteiger partial charge in [0.2, 0.25) is 0 Å². The van der Waals surface area contributed by atoms with E-state index in [4.69, 9.17) is 5.73 Å². The van der Waals surface area contributed by atoms with Gasteiger partial charge in [0.1, 0.15) is 0 Å². The van der Waals surface area contributed by atoms with Crippen molar-refractivity contribution in [2.24, 2.45) is 0 Å². The molecule has 0 spiro atoms. The standard InChI is InChI=1S/C12H12N2O2/c1-7-10(13)5-8-3-4-9(12(15)16-2)6-11(8)14-7/h3-6H,13H2,1-2H3. The average Bonchev–Trinajstić information content (AvgIpc) is 2.29. The van der Waals surface area contributed by atoms with Crippen molar-refractivity contribution in [3.8, 4) is 0 Å². The predicted octanol–water partition coefficient (Wildman–Crippen LogP) is 1.91. The van der Waals surface area contributed by atoms with Gasteiger partial charge in [-0.05, 0) is 25.1 Å². The monoisotopic (exact) mass is 216 g/mol. The molecule has 4 heteroatoms. The molecule has 0 saturated heterocycles. The average molecular weight is 216 g/mol. The van der Waals surface area contributed by atoms with Gasteiger partial charge in [-0.1, -0.05) is 6.07 Å². The maximum Gasteiger partial charge on any atom is 0.337 e.